The molecule has 0 bridgehead atoms. The fourth-order valence-electron chi connectivity index (χ4n) is 2.46. The summed E-state index contributed by atoms with van der Waals surface area (Å²) in [6, 6.07) is 22.2. The normalized spacial score (nSPS) is 11.4. The summed E-state index contributed by atoms with van der Waals surface area (Å²) < 4.78 is 0. The second kappa shape index (κ2) is 8.10. The smallest absolute Gasteiger partial charge is 0.115 e. The van der Waals surface area contributed by atoms with E-state index in [0.29, 0.717) is 6.42 Å². The average molecular weight is 313 g/mol. The minimum Gasteiger partial charge on any atom is -0.380 e. The van der Waals surface area contributed by atoms with Crippen molar-refractivity contribution in [2.75, 3.05) is 0 Å². The molecule has 3 aromatic rings. The number of hydrogen-bond donors (Lipinski definition) is 1. The van der Waals surface area contributed by atoms with Crippen LogP contribution in [-0.4, -0.2) is 16.2 Å². The fraction of sp³-hybridized carbons (Fsp3) is 0.136. The van der Waals surface area contributed by atoms with Crippen LogP contribution in [0.2, 0.25) is 0 Å². The van der Waals surface area contributed by atoms with Crippen molar-refractivity contribution < 1.29 is 5.11 Å². The molecule has 0 saturated carbocycles. The van der Waals surface area contributed by atoms with Gasteiger partial charge in [0.2, 0.25) is 0 Å². The number of aryl methyl sites for hydroxylation is 1. The van der Waals surface area contributed by atoms with Gasteiger partial charge in [-0.05, 0) is 47.7 Å². The molecule has 0 aliphatic rings. The molecular formula is C22H19NO. The van der Waals surface area contributed by atoms with Crippen LogP contribution in [0, 0.1) is 11.8 Å². The first-order valence-corrected chi connectivity index (χ1v) is 8.05. The summed E-state index contributed by atoms with van der Waals surface area (Å²) in [6.45, 7) is 0. The van der Waals surface area contributed by atoms with Crippen molar-refractivity contribution in [1.82, 2.24) is 4.98 Å². The van der Waals surface area contributed by atoms with Crippen LogP contribution in [0.5, 0.6) is 0 Å². The lowest BCUT2D eigenvalue weighted by Crippen LogP contribution is -2.04. The van der Waals surface area contributed by atoms with Gasteiger partial charge in [0.15, 0.2) is 0 Å². The van der Waals surface area contributed by atoms with Gasteiger partial charge in [-0.25, -0.2) is 0 Å². The number of aliphatic hydroxyl groups excluding tert-OH is 1. The third-order valence-electron chi connectivity index (χ3n) is 3.80. The first-order valence-electron chi connectivity index (χ1n) is 8.05. The van der Waals surface area contributed by atoms with Crippen molar-refractivity contribution >= 4 is 0 Å². The summed E-state index contributed by atoms with van der Waals surface area (Å²) in [7, 11) is 0. The maximum Gasteiger partial charge on any atom is 0.115 e. The zero-order valence-electron chi connectivity index (χ0n) is 13.4. The van der Waals surface area contributed by atoms with E-state index in [-0.39, 0.29) is 0 Å². The number of aromatic nitrogens is 1. The van der Waals surface area contributed by atoms with E-state index in [2.05, 4.69) is 41.1 Å². The molecule has 1 atom stereocenters. The fourth-order valence-corrected chi connectivity index (χ4v) is 2.46. The Morgan fingerprint density at radius 1 is 0.875 bits per heavy atom. The molecule has 118 valence electrons. The Balaban J connectivity index is 1.59. The number of aliphatic hydroxyl groups is 1. The SMILES string of the molecule is OC(C#Cc1ccc(-c2ccccc2)cc1)CCc1cccnc1. The highest BCUT2D eigenvalue weighted by atomic mass is 16.3. The van der Waals surface area contributed by atoms with Crippen molar-refractivity contribution in [3.8, 4) is 23.0 Å². The van der Waals surface area contributed by atoms with Crippen LogP contribution in [0.15, 0.2) is 79.1 Å². The van der Waals surface area contributed by atoms with E-state index in [4.69, 9.17) is 0 Å². The summed E-state index contributed by atoms with van der Waals surface area (Å²) in [6.07, 6.45) is 4.33. The molecule has 0 aliphatic carbocycles. The average Bonchev–Trinajstić information content (AvgIpc) is 2.67. The van der Waals surface area contributed by atoms with E-state index < -0.39 is 6.10 Å². The van der Waals surface area contributed by atoms with Crippen LogP contribution < -0.4 is 0 Å². The molecule has 0 radical (unpaired) electrons. The summed E-state index contributed by atoms with van der Waals surface area (Å²) in [5.74, 6) is 5.96. The molecule has 3 rings (SSSR count). The van der Waals surface area contributed by atoms with E-state index in [1.165, 1.54) is 11.1 Å². The van der Waals surface area contributed by atoms with Gasteiger partial charge in [0.05, 0.1) is 0 Å². The first kappa shape index (κ1) is 16.0. The largest absolute Gasteiger partial charge is 0.380 e. The Kier molecular flexibility index (Phi) is 5.40. The summed E-state index contributed by atoms with van der Waals surface area (Å²) in [5, 5.41) is 10.0. The molecule has 0 spiro atoms. The van der Waals surface area contributed by atoms with E-state index in [1.807, 2.05) is 48.7 Å². The summed E-state index contributed by atoms with van der Waals surface area (Å²) in [5.41, 5.74) is 4.38. The predicted octanol–water partition coefficient (Wildman–Crippen LogP) is 4.09. The molecule has 1 N–H and O–H groups in total. The highest BCUT2D eigenvalue weighted by Crippen LogP contribution is 2.18. The molecule has 2 aromatic carbocycles. The predicted molar refractivity (Wildman–Crippen MR) is 97.3 cm³/mol. The van der Waals surface area contributed by atoms with Crippen molar-refractivity contribution in [3.63, 3.8) is 0 Å². The Morgan fingerprint density at radius 2 is 1.62 bits per heavy atom. The van der Waals surface area contributed by atoms with Crippen LogP contribution in [0.1, 0.15) is 17.5 Å². The van der Waals surface area contributed by atoms with Crippen molar-refractivity contribution in [2.45, 2.75) is 18.9 Å². The van der Waals surface area contributed by atoms with Crippen LogP contribution in [0.3, 0.4) is 0 Å². The monoisotopic (exact) mass is 313 g/mol. The Bertz CT molecular complexity index is 815. The lowest BCUT2D eigenvalue weighted by atomic mass is 10.0. The Labute approximate surface area is 142 Å². The minimum atomic E-state index is -0.626. The van der Waals surface area contributed by atoms with E-state index in [1.54, 1.807) is 6.20 Å². The molecule has 0 fully saturated rings. The van der Waals surface area contributed by atoms with Gasteiger partial charge in [-0.3, -0.25) is 4.98 Å². The van der Waals surface area contributed by atoms with Crippen molar-refractivity contribution in [3.05, 3.63) is 90.3 Å². The van der Waals surface area contributed by atoms with Gasteiger partial charge in [0, 0.05) is 18.0 Å². The van der Waals surface area contributed by atoms with Gasteiger partial charge >= 0.3 is 0 Å². The molecular weight excluding hydrogens is 294 g/mol. The topological polar surface area (TPSA) is 33.1 Å². The van der Waals surface area contributed by atoms with Crippen LogP contribution in [-0.2, 0) is 6.42 Å². The van der Waals surface area contributed by atoms with Gasteiger partial charge in [0.25, 0.3) is 0 Å². The lowest BCUT2D eigenvalue weighted by Gasteiger charge is -2.03. The third kappa shape index (κ3) is 4.55. The van der Waals surface area contributed by atoms with E-state index in [0.717, 1.165) is 17.5 Å². The van der Waals surface area contributed by atoms with E-state index >= 15 is 0 Å². The molecule has 24 heavy (non-hydrogen) atoms. The van der Waals surface area contributed by atoms with Crippen LogP contribution in [0.4, 0.5) is 0 Å². The first-order chi connectivity index (χ1) is 11.8. The van der Waals surface area contributed by atoms with Gasteiger partial charge in [0.1, 0.15) is 6.10 Å². The minimum absolute atomic E-state index is 0.612. The summed E-state index contributed by atoms with van der Waals surface area (Å²) >= 11 is 0. The number of hydrogen-bond acceptors (Lipinski definition) is 2. The maximum absolute atomic E-state index is 10.0. The molecule has 0 aliphatic heterocycles. The number of rotatable bonds is 4. The molecule has 0 saturated heterocycles. The maximum atomic E-state index is 10.0. The quantitative estimate of drug-likeness (QED) is 0.736. The number of benzene rings is 2. The standard InChI is InChI=1S/C22H19NO/c24-22(15-11-19-5-4-16-23-17-19)14-10-18-8-12-21(13-9-18)20-6-2-1-3-7-20/h1-9,12-13,16-17,22,24H,11,15H2. The molecule has 2 heteroatoms. The van der Waals surface area contributed by atoms with Gasteiger partial charge in [-0.2, -0.15) is 0 Å². The molecule has 1 heterocycles. The molecule has 0 amide bonds. The third-order valence-corrected chi connectivity index (χ3v) is 3.80. The number of pyridine rings is 1. The van der Waals surface area contributed by atoms with Crippen LogP contribution in [0.25, 0.3) is 11.1 Å². The molecule has 1 unspecified atom stereocenters. The highest BCUT2D eigenvalue weighted by molar-refractivity contribution is 5.64. The van der Waals surface area contributed by atoms with Crippen LogP contribution >= 0.6 is 0 Å². The zero-order chi connectivity index (χ0) is 16.6. The van der Waals surface area contributed by atoms with E-state index in [9.17, 15) is 5.11 Å². The molecule has 2 nitrogen and oxygen atoms in total. The van der Waals surface area contributed by atoms with Gasteiger partial charge < -0.3 is 5.11 Å². The zero-order valence-corrected chi connectivity index (χ0v) is 13.4. The van der Waals surface area contributed by atoms with Crippen molar-refractivity contribution in [2.24, 2.45) is 0 Å². The Hall–Kier alpha value is -2.89. The molecule has 1 aromatic heterocycles. The van der Waals surface area contributed by atoms with Crippen molar-refractivity contribution in [1.29, 1.82) is 0 Å². The van der Waals surface area contributed by atoms with Gasteiger partial charge in [-0.1, -0.05) is 60.4 Å². The highest BCUT2D eigenvalue weighted by Gasteiger charge is 2.01. The lowest BCUT2D eigenvalue weighted by molar-refractivity contribution is 0.222. The second-order valence-electron chi connectivity index (χ2n) is 5.63. The second-order valence-corrected chi connectivity index (χ2v) is 5.63. The summed E-state index contributed by atoms with van der Waals surface area (Å²) in [4.78, 5) is 4.07. The van der Waals surface area contributed by atoms with Gasteiger partial charge in [-0.15, -0.1) is 0 Å². The Morgan fingerprint density at radius 3 is 2.33 bits per heavy atom. The number of nitrogens with zero attached hydrogens (tertiary/aromatic N) is 1.